The van der Waals surface area contributed by atoms with Crippen molar-refractivity contribution in [2.75, 3.05) is 5.75 Å². The number of hydrogen-bond acceptors (Lipinski definition) is 6. The number of pyridine rings is 1. The van der Waals surface area contributed by atoms with Crippen LogP contribution >= 0.6 is 11.8 Å². The van der Waals surface area contributed by atoms with E-state index < -0.39 is 29.7 Å². The maximum absolute atomic E-state index is 12.9. The van der Waals surface area contributed by atoms with Gasteiger partial charge in [0.15, 0.2) is 5.44 Å². The highest BCUT2D eigenvalue weighted by Gasteiger charge is 2.38. The first kappa shape index (κ1) is 16.2. The predicted molar refractivity (Wildman–Crippen MR) is 84.5 cm³/mol. The van der Waals surface area contributed by atoms with Gasteiger partial charge in [-0.3, -0.25) is 0 Å². The number of benzene rings is 1. The largest absolute Gasteiger partial charge is 0.477 e. The molecule has 1 aliphatic heterocycles. The van der Waals surface area contributed by atoms with Crippen LogP contribution in [0, 0.1) is 5.95 Å². The van der Waals surface area contributed by atoms with Crippen LogP contribution in [0.5, 0.6) is 5.75 Å². The number of thioether (sulfide) groups is 1. The molecule has 7 heteroatoms. The summed E-state index contributed by atoms with van der Waals surface area (Å²) < 4.78 is 18.6. The van der Waals surface area contributed by atoms with Gasteiger partial charge in [0.05, 0.1) is 6.10 Å². The SMILES string of the molecule is O[C@@H]1[C@@H](O)[C@@H](Oc2cccc(-c3ccc(F)nc3)c2)SC[C@H]1O. The molecular formula is C16H16FNO4S. The summed E-state index contributed by atoms with van der Waals surface area (Å²) in [5.41, 5.74) is 0.866. The van der Waals surface area contributed by atoms with E-state index in [2.05, 4.69) is 4.98 Å². The predicted octanol–water partition coefficient (Wildman–Crippen LogP) is 1.42. The molecule has 0 spiro atoms. The van der Waals surface area contributed by atoms with Crippen LogP contribution in [0.4, 0.5) is 4.39 Å². The number of nitrogens with zero attached hydrogens (tertiary/aromatic N) is 1. The summed E-state index contributed by atoms with van der Waals surface area (Å²) in [5, 5.41) is 29.2. The molecule has 2 heterocycles. The molecule has 23 heavy (non-hydrogen) atoms. The van der Waals surface area contributed by atoms with Crippen LogP contribution in [0.15, 0.2) is 42.6 Å². The molecule has 0 aliphatic carbocycles. The van der Waals surface area contributed by atoms with Crippen molar-refractivity contribution in [3.05, 3.63) is 48.5 Å². The molecule has 0 amide bonds. The summed E-state index contributed by atoms with van der Waals surface area (Å²) in [6.07, 6.45) is -1.95. The quantitative estimate of drug-likeness (QED) is 0.735. The Labute approximate surface area is 136 Å². The van der Waals surface area contributed by atoms with Crippen LogP contribution in [-0.4, -0.2) is 49.8 Å². The smallest absolute Gasteiger partial charge is 0.212 e. The Morgan fingerprint density at radius 3 is 2.65 bits per heavy atom. The van der Waals surface area contributed by atoms with Crippen molar-refractivity contribution in [1.82, 2.24) is 4.98 Å². The minimum atomic E-state index is -1.23. The minimum Gasteiger partial charge on any atom is -0.477 e. The van der Waals surface area contributed by atoms with Gasteiger partial charge in [0, 0.05) is 17.5 Å². The second-order valence-corrected chi connectivity index (χ2v) is 6.40. The number of ether oxygens (including phenoxy) is 1. The maximum atomic E-state index is 12.9. The zero-order chi connectivity index (χ0) is 16.4. The Morgan fingerprint density at radius 2 is 1.91 bits per heavy atom. The Kier molecular flexibility index (Phi) is 4.82. The lowest BCUT2D eigenvalue weighted by molar-refractivity contribution is -0.0786. The molecule has 4 atom stereocenters. The lowest BCUT2D eigenvalue weighted by Gasteiger charge is -2.34. The molecule has 2 aromatic rings. The minimum absolute atomic E-state index is 0.282. The number of aliphatic hydroxyl groups excluding tert-OH is 3. The lowest BCUT2D eigenvalue weighted by atomic mass is 10.1. The van der Waals surface area contributed by atoms with Crippen LogP contribution in [0.1, 0.15) is 0 Å². The molecule has 0 bridgehead atoms. The highest BCUT2D eigenvalue weighted by molar-refractivity contribution is 7.99. The fourth-order valence-electron chi connectivity index (χ4n) is 2.31. The average molecular weight is 337 g/mol. The number of hydrogen-bond donors (Lipinski definition) is 3. The van der Waals surface area contributed by atoms with Crippen molar-refractivity contribution in [2.24, 2.45) is 0 Å². The highest BCUT2D eigenvalue weighted by atomic mass is 32.2. The zero-order valence-corrected chi connectivity index (χ0v) is 12.9. The van der Waals surface area contributed by atoms with Gasteiger partial charge < -0.3 is 20.1 Å². The van der Waals surface area contributed by atoms with Crippen LogP contribution in [0.3, 0.4) is 0 Å². The van der Waals surface area contributed by atoms with Crippen LogP contribution in [-0.2, 0) is 0 Å². The van der Waals surface area contributed by atoms with E-state index in [4.69, 9.17) is 4.74 Å². The van der Waals surface area contributed by atoms with Gasteiger partial charge in [-0.15, -0.1) is 11.8 Å². The van der Waals surface area contributed by atoms with Gasteiger partial charge in [0.1, 0.15) is 18.0 Å². The first-order chi connectivity index (χ1) is 11.0. The molecule has 0 radical (unpaired) electrons. The number of aliphatic hydroxyl groups is 3. The van der Waals surface area contributed by atoms with Crippen molar-refractivity contribution >= 4 is 11.8 Å². The molecule has 3 N–H and O–H groups in total. The highest BCUT2D eigenvalue weighted by Crippen LogP contribution is 2.31. The summed E-state index contributed by atoms with van der Waals surface area (Å²) >= 11 is 1.24. The molecule has 1 aromatic carbocycles. The van der Waals surface area contributed by atoms with E-state index in [1.807, 2.05) is 6.07 Å². The molecular weight excluding hydrogens is 321 g/mol. The lowest BCUT2D eigenvalue weighted by Crippen LogP contribution is -2.50. The molecule has 0 unspecified atom stereocenters. The van der Waals surface area contributed by atoms with E-state index in [1.54, 1.807) is 24.3 Å². The average Bonchev–Trinajstić information content (AvgIpc) is 2.56. The standard InChI is InChI=1S/C16H16FNO4S/c17-13-5-4-10(7-18-13)9-2-1-3-11(6-9)22-16-15(21)14(20)12(19)8-23-16/h1-7,12,14-16,19-21H,8H2/t12-,14+,15-,16+/m1/s1. The van der Waals surface area contributed by atoms with E-state index >= 15 is 0 Å². The third-order valence-electron chi connectivity index (χ3n) is 3.60. The Bertz CT molecular complexity index is 669. The van der Waals surface area contributed by atoms with Crippen molar-refractivity contribution in [2.45, 2.75) is 23.7 Å². The molecule has 122 valence electrons. The first-order valence-corrected chi connectivity index (χ1v) is 8.14. The molecule has 5 nitrogen and oxygen atoms in total. The van der Waals surface area contributed by atoms with Crippen LogP contribution < -0.4 is 4.74 Å². The molecule has 1 fully saturated rings. The van der Waals surface area contributed by atoms with Crippen LogP contribution in [0.2, 0.25) is 0 Å². The summed E-state index contributed by atoms with van der Waals surface area (Å²) in [5.74, 6) is 0.243. The monoisotopic (exact) mass is 337 g/mol. The van der Waals surface area contributed by atoms with Crippen molar-refractivity contribution in [1.29, 1.82) is 0 Å². The van der Waals surface area contributed by atoms with E-state index in [0.717, 1.165) is 11.1 Å². The topological polar surface area (TPSA) is 82.8 Å². The molecule has 1 aromatic heterocycles. The van der Waals surface area contributed by atoms with Crippen LogP contribution in [0.25, 0.3) is 11.1 Å². The number of aromatic nitrogens is 1. The van der Waals surface area contributed by atoms with E-state index in [1.165, 1.54) is 24.0 Å². The van der Waals surface area contributed by atoms with Crippen molar-refractivity contribution < 1.29 is 24.4 Å². The fourth-order valence-corrected chi connectivity index (χ4v) is 3.43. The first-order valence-electron chi connectivity index (χ1n) is 7.09. The Balaban J connectivity index is 1.76. The van der Waals surface area contributed by atoms with Gasteiger partial charge in [0.2, 0.25) is 5.95 Å². The summed E-state index contributed by atoms with van der Waals surface area (Å²) in [6, 6.07) is 9.99. The number of rotatable bonds is 3. The van der Waals surface area contributed by atoms with Gasteiger partial charge in [-0.05, 0) is 29.8 Å². The van der Waals surface area contributed by atoms with Gasteiger partial charge >= 0.3 is 0 Å². The summed E-state index contributed by atoms with van der Waals surface area (Å²) in [4.78, 5) is 3.62. The van der Waals surface area contributed by atoms with E-state index in [0.29, 0.717) is 5.75 Å². The normalized spacial score (nSPS) is 27.7. The zero-order valence-electron chi connectivity index (χ0n) is 12.0. The third-order valence-corrected chi connectivity index (χ3v) is 4.84. The summed E-state index contributed by atoms with van der Waals surface area (Å²) in [6.45, 7) is 0. The Hall–Kier alpha value is -1.67. The second-order valence-electron chi connectivity index (χ2n) is 5.27. The molecule has 1 saturated heterocycles. The van der Waals surface area contributed by atoms with Gasteiger partial charge in [-0.2, -0.15) is 4.39 Å². The van der Waals surface area contributed by atoms with Gasteiger partial charge in [0.25, 0.3) is 0 Å². The van der Waals surface area contributed by atoms with Gasteiger partial charge in [-0.1, -0.05) is 12.1 Å². The maximum Gasteiger partial charge on any atom is 0.212 e. The number of halogens is 1. The fraction of sp³-hybridized carbons (Fsp3) is 0.312. The van der Waals surface area contributed by atoms with Crippen molar-refractivity contribution in [3.8, 4) is 16.9 Å². The van der Waals surface area contributed by atoms with Gasteiger partial charge in [-0.25, -0.2) is 4.98 Å². The van der Waals surface area contributed by atoms with E-state index in [-0.39, 0.29) is 5.75 Å². The van der Waals surface area contributed by atoms with E-state index in [9.17, 15) is 19.7 Å². The summed E-state index contributed by atoms with van der Waals surface area (Å²) in [7, 11) is 0. The molecule has 1 aliphatic rings. The second kappa shape index (κ2) is 6.84. The molecule has 3 rings (SSSR count). The third kappa shape index (κ3) is 3.64. The van der Waals surface area contributed by atoms with Crippen molar-refractivity contribution in [3.63, 3.8) is 0 Å². The Morgan fingerprint density at radius 1 is 1.09 bits per heavy atom. The molecule has 0 saturated carbocycles.